The summed E-state index contributed by atoms with van der Waals surface area (Å²) >= 11 is 0. The summed E-state index contributed by atoms with van der Waals surface area (Å²) in [6.45, 7) is 12.4. The summed E-state index contributed by atoms with van der Waals surface area (Å²) < 4.78 is 10.8. The first-order valence-electron chi connectivity index (χ1n) is 12.4. The van der Waals surface area contributed by atoms with E-state index >= 15 is 0 Å². The zero-order valence-electron chi connectivity index (χ0n) is 21.8. The van der Waals surface area contributed by atoms with Gasteiger partial charge in [0.05, 0.1) is 11.0 Å². The lowest BCUT2D eigenvalue weighted by molar-refractivity contribution is 0.00461. The van der Waals surface area contributed by atoms with Crippen LogP contribution in [-0.4, -0.2) is 72.3 Å². The third-order valence-electron chi connectivity index (χ3n) is 6.13. The van der Waals surface area contributed by atoms with E-state index in [1.165, 1.54) is 0 Å². The van der Waals surface area contributed by atoms with Gasteiger partial charge in [-0.2, -0.15) is 4.98 Å². The molecular weight excluding hydrogens is 472 g/mol. The highest BCUT2D eigenvalue weighted by atomic mass is 16.6. The molecule has 194 valence electrons. The molecule has 0 saturated carbocycles. The van der Waals surface area contributed by atoms with Gasteiger partial charge in [-0.05, 0) is 70.5 Å². The summed E-state index contributed by atoms with van der Waals surface area (Å²) in [7, 11) is 0. The molecule has 3 aromatic heterocycles. The average Bonchev–Trinajstić information content (AvgIpc) is 3.44. The molecule has 1 saturated heterocycles. The molecule has 1 atom stereocenters. The van der Waals surface area contributed by atoms with Crippen LogP contribution >= 0.6 is 0 Å². The van der Waals surface area contributed by atoms with Gasteiger partial charge in [0.15, 0.2) is 5.82 Å². The van der Waals surface area contributed by atoms with Crippen molar-refractivity contribution in [2.24, 2.45) is 0 Å². The molecule has 1 fully saturated rings. The van der Waals surface area contributed by atoms with Crippen molar-refractivity contribution < 1.29 is 14.1 Å². The Morgan fingerprint density at radius 1 is 1.22 bits per heavy atom. The van der Waals surface area contributed by atoms with Crippen LogP contribution in [0.15, 0.2) is 41.1 Å². The minimum Gasteiger partial charge on any atom is -0.444 e. The summed E-state index contributed by atoms with van der Waals surface area (Å²) in [5.74, 6) is 2.36. The number of nitrogens with zero attached hydrogens (tertiary/aromatic N) is 6. The van der Waals surface area contributed by atoms with E-state index in [1.807, 2.05) is 51.1 Å². The number of amides is 1. The molecule has 0 aliphatic carbocycles. The van der Waals surface area contributed by atoms with Gasteiger partial charge in [0.1, 0.15) is 11.4 Å². The number of fused-ring (bicyclic) bond motifs is 1. The predicted octanol–water partition coefficient (Wildman–Crippen LogP) is 4.50. The van der Waals surface area contributed by atoms with Crippen molar-refractivity contribution in [1.29, 1.82) is 0 Å². The number of imidazole rings is 1. The fraction of sp³-hybridized carbons (Fsp3) is 0.423. The largest absolute Gasteiger partial charge is 0.444 e. The normalized spacial score (nSPS) is 16.8. The first-order valence-corrected chi connectivity index (χ1v) is 12.4. The molecule has 1 amide bonds. The van der Waals surface area contributed by atoms with Crippen molar-refractivity contribution in [1.82, 2.24) is 34.9 Å². The number of nitrogens with one attached hydrogen (secondary N) is 2. The highest BCUT2D eigenvalue weighted by Gasteiger charge is 2.29. The number of pyridine rings is 1. The Balaban J connectivity index is 1.23. The van der Waals surface area contributed by atoms with Gasteiger partial charge in [0.25, 0.3) is 5.89 Å². The molecule has 1 aromatic carbocycles. The second-order valence-corrected chi connectivity index (χ2v) is 10.4. The third-order valence-corrected chi connectivity index (χ3v) is 6.13. The van der Waals surface area contributed by atoms with Crippen molar-refractivity contribution >= 4 is 28.9 Å². The minimum absolute atomic E-state index is 0.207. The second kappa shape index (κ2) is 9.81. The van der Waals surface area contributed by atoms with E-state index in [1.54, 1.807) is 18.0 Å². The first-order chi connectivity index (χ1) is 17.6. The number of benzene rings is 1. The third kappa shape index (κ3) is 5.88. The van der Waals surface area contributed by atoms with Crippen LogP contribution in [0, 0.1) is 6.92 Å². The van der Waals surface area contributed by atoms with Crippen LogP contribution in [0.2, 0.25) is 0 Å². The molecule has 11 nitrogen and oxygen atoms in total. The molecule has 11 heteroatoms. The predicted molar refractivity (Wildman–Crippen MR) is 139 cm³/mol. The molecule has 0 unspecified atom stereocenters. The van der Waals surface area contributed by atoms with Crippen molar-refractivity contribution in [3.05, 3.63) is 47.9 Å². The fourth-order valence-electron chi connectivity index (χ4n) is 4.34. The van der Waals surface area contributed by atoms with Crippen molar-refractivity contribution in [2.45, 2.75) is 52.8 Å². The number of aromatic amines is 1. The number of aryl methyl sites for hydroxylation is 1. The number of carbonyl (C=O) groups excluding carboxylic acids is 1. The smallest absolute Gasteiger partial charge is 0.410 e. The molecule has 5 rings (SSSR count). The molecule has 1 aliphatic rings. The first kappa shape index (κ1) is 24.7. The molecule has 4 heterocycles. The van der Waals surface area contributed by atoms with Gasteiger partial charge in [-0.25, -0.2) is 14.8 Å². The van der Waals surface area contributed by atoms with Crippen LogP contribution in [0.4, 0.5) is 16.6 Å². The van der Waals surface area contributed by atoms with Gasteiger partial charge < -0.3 is 24.5 Å². The maximum Gasteiger partial charge on any atom is 0.410 e. The highest BCUT2D eigenvalue weighted by molar-refractivity contribution is 5.82. The number of rotatable bonds is 5. The molecule has 37 heavy (non-hydrogen) atoms. The van der Waals surface area contributed by atoms with E-state index in [9.17, 15) is 4.79 Å². The van der Waals surface area contributed by atoms with E-state index in [4.69, 9.17) is 9.26 Å². The standard InChI is InChI=1S/C26H32N8O3/c1-16-14-34(25(35)36-26(3,4)5)11-10-33(16)15-18-8-9-27-22(12-18)31-24-29-20-7-6-19(13-21(20)30-24)23-28-17(2)32-37-23/h6-9,12-13,16H,10-11,14-15H2,1-5H3,(H2,27,29,30,31)/t16-/m1/s1. The van der Waals surface area contributed by atoms with Crippen LogP contribution in [0.25, 0.3) is 22.5 Å². The minimum atomic E-state index is -0.493. The quantitative estimate of drug-likeness (QED) is 0.404. The molecule has 0 spiro atoms. The van der Waals surface area contributed by atoms with Gasteiger partial charge >= 0.3 is 6.09 Å². The molecular formula is C26H32N8O3. The summed E-state index contributed by atoms with van der Waals surface area (Å²) in [5, 5.41) is 7.13. The molecule has 1 aliphatic heterocycles. The van der Waals surface area contributed by atoms with E-state index in [2.05, 4.69) is 42.2 Å². The van der Waals surface area contributed by atoms with Crippen molar-refractivity contribution in [3.8, 4) is 11.5 Å². The topological polar surface area (TPSA) is 125 Å². The van der Waals surface area contributed by atoms with Crippen molar-refractivity contribution in [2.75, 3.05) is 25.0 Å². The Bertz CT molecular complexity index is 1410. The Hall–Kier alpha value is -3.99. The van der Waals surface area contributed by atoms with Gasteiger partial charge in [0, 0.05) is 44.0 Å². The second-order valence-electron chi connectivity index (χ2n) is 10.4. The lowest BCUT2D eigenvalue weighted by atomic mass is 10.1. The Morgan fingerprint density at radius 2 is 2.05 bits per heavy atom. The number of aromatic nitrogens is 5. The fourth-order valence-corrected chi connectivity index (χ4v) is 4.34. The number of carbonyl (C=O) groups is 1. The van der Waals surface area contributed by atoms with Gasteiger partial charge in [-0.15, -0.1) is 0 Å². The van der Waals surface area contributed by atoms with Crippen LogP contribution < -0.4 is 5.32 Å². The van der Waals surface area contributed by atoms with Crippen LogP contribution in [-0.2, 0) is 11.3 Å². The lowest BCUT2D eigenvalue weighted by Crippen LogP contribution is -2.54. The number of hydrogen-bond acceptors (Lipinski definition) is 9. The van der Waals surface area contributed by atoms with Crippen LogP contribution in [0.5, 0.6) is 0 Å². The van der Waals surface area contributed by atoms with E-state index in [0.29, 0.717) is 36.6 Å². The summed E-state index contributed by atoms with van der Waals surface area (Å²) in [5.41, 5.74) is 3.12. The summed E-state index contributed by atoms with van der Waals surface area (Å²) in [6.07, 6.45) is 1.54. The van der Waals surface area contributed by atoms with Gasteiger partial charge in [-0.3, -0.25) is 4.90 Å². The highest BCUT2D eigenvalue weighted by Crippen LogP contribution is 2.24. The van der Waals surface area contributed by atoms with Gasteiger partial charge in [0.2, 0.25) is 5.95 Å². The number of hydrogen-bond donors (Lipinski definition) is 2. The number of ether oxygens (including phenoxy) is 1. The van der Waals surface area contributed by atoms with E-state index in [-0.39, 0.29) is 12.1 Å². The van der Waals surface area contributed by atoms with Gasteiger partial charge in [-0.1, -0.05) is 5.16 Å². The Morgan fingerprint density at radius 3 is 2.78 bits per heavy atom. The van der Waals surface area contributed by atoms with Crippen LogP contribution in [0.1, 0.15) is 39.1 Å². The molecule has 0 bridgehead atoms. The lowest BCUT2D eigenvalue weighted by Gasteiger charge is -2.40. The molecule has 0 radical (unpaired) electrons. The number of anilines is 2. The maximum absolute atomic E-state index is 12.4. The average molecular weight is 505 g/mol. The van der Waals surface area contributed by atoms with Crippen molar-refractivity contribution in [3.63, 3.8) is 0 Å². The molecule has 4 aromatic rings. The Labute approximate surface area is 215 Å². The van der Waals surface area contributed by atoms with E-state index < -0.39 is 5.60 Å². The maximum atomic E-state index is 12.4. The monoisotopic (exact) mass is 504 g/mol. The summed E-state index contributed by atoms with van der Waals surface area (Å²) in [4.78, 5) is 33.3. The van der Waals surface area contributed by atoms with E-state index in [0.717, 1.165) is 35.2 Å². The zero-order valence-corrected chi connectivity index (χ0v) is 21.8. The number of H-pyrrole nitrogens is 1. The number of piperazine rings is 1. The Kier molecular flexibility index (Phi) is 6.55. The summed E-state index contributed by atoms with van der Waals surface area (Å²) in [6, 6.07) is 9.99. The zero-order chi connectivity index (χ0) is 26.2. The SMILES string of the molecule is Cc1noc(-c2ccc3nc(Nc4cc(CN5CCN(C(=O)OC(C)(C)C)C[C@H]5C)ccn4)[nH]c3c2)n1. The molecule has 2 N–H and O–H groups in total. The van der Waals surface area contributed by atoms with Crippen LogP contribution in [0.3, 0.4) is 0 Å².